The summed E-state index contributed by atoms with van der Waals surface area (Å²) in [6.07, 6.45) is 1.75. The van der Waals surface area contributed by atoms with E-state index in [-0.39, 0.29) is 4.90 Å². The SMILES string of the molecule is COCc1ncc(C)n1CCNS(=O)(=O)c1ccccc1. The minimum Gasteiger partial charge on any atom is -0.377 e. The minimum atomic E-state index is -3.47. The zero-order valence-corrected chi connectivity index (χ0v) is 12.9. The summed E-state index contributed by atoms with van der Waals surface area (Å²) in [5, 5.41) is 0. The monoisotopic (exact) mass is 309 g/mol. The van der Waals surface area contributed by atoms with E-state index in [0.717, 1.165) is 11.5 Å². The molecule has 0 aliphatic carbocycles. The standard InChI is InChI=1S/C14H19N3O3S/c1-12-10-15-14(11-20-2)17(12)9-8-16-21(18,19)13-6-4-3-5-7-13/h3-7,10,16H,8-9,11H2,1-2H3. The fourth-order valence-corrected chi connectivity index (χ4v) is 3.08. The van der Waals surface area contributed by atoms with Gasteiger partial charge in [0.1, 0.15) is 12.4 Å². The van der Waals surface area contributed by atoms with E-state index in [0.29, 0.717) is 19.7 Å². The Morgan fingerprint density at radius 1 is 1.29 bits per heavy atom. The van der Waals surface area contributed by atoms with Crippen LogP contribution in [-0.4, -0.2) is 31.6 Å². The minimum absolute atomic E-state index is 0.268. The first kappa shape index (κ1) is 15.7. The summed E-state index contributed by atoms with van der Waals surface area (Å²) in [6.45, 7) is 3.14. The van der Waals surface area contributed by atoms with Crippen LogP contribution in [0.1, 0.15) is 11.5 Å². The van der Waals surface area contributed by atoms with E-state index in [4.69, 9.17) is 4.74 Å². The normalized spacial score (nSPS) is 11.7. The number of sulfonamides is 1. The highest BCUT2D eigenvalue weighted by Gasteiger charge is 2.13. The number of ether oxygens (including phenoxy) is 1. The van der Waals surface area contributed by atoms with Crippen molar-refractivity contribution in [3.05, 3.63) is 48.0 Å². The smallest absolute Gasteiger partial charge is 0.240 e. The van der Waals surface area contributed by atoms with Gasteiger partial charge in [0.15, 0.2) is 0 Å². The summed E-state index contributed by atoms with van der Waals surface area (Å²) in [5.74, 6) is 0.786. The Kier molecular flexibility index (Phi) is 5.11. The number of rotatable bonds is 7. The Bertz CT molecular complexity index is 681. The highest BCUT2D eigenvalue weighted by Crippen LogP contribution is 2.08. The number of aromatic nitrogens is 2. The zero-order chi connectivity index (χ0) is 15.3. The lowest BCUT2D eigenvalue weighted by Gasteiger charge is -2.11. The van der Waals surface area contributed by atoms with Gasteiger partial charge in [-0.2, -0.15) is 0 Å². The summed E-state index contributed by atoms with van der Waals surface area (Å²) in [7, 11) is -1.86. The molecule has 2 rings (SSSR count). The molecule has 21 heavy (non-hydrogen) atoms. The van der Waals surface area contributed by atoms with E-state index in [1.54, 1.807) is 43.6 Å². The second kappa shape index (κ2) is 6.84. The van der Waals surface area contributed by atoms with E-state index in [1.807, 2.05) is 11.5 Å². The van der Waals surface area contributed by atoms with Crippen molar-refractivity contribution < 1.29 is 13.2 Å². The Balaban J connectivity index is 2.00. The van der Waals surface area contributed by atoms with E-state index in [9.17, 15) is 8.42 Å². The second-order valence-electron chi connectivity index (χ2n) is 4.61. The third-order valence-corrected chi connectivity index (χ3v) is 4.57. The van der Waals surface area contributed by atoms with Gasteiger partial charge in [-0.1, -0.05) is 18.2 Å². The van der Waals surface area contributed by atoms with Crippen LogP contribution < -0.4 is 4.72 Å². The molecule has 0 fully saturated rings. The average molecular weight is 309 g/mol. The van der Waals surface area contributed by atoms with E-state index < -0.39 is 10.0 Å². The van der Waals surface area contributed by atoms with Gasteiger partial charge in [0.05, 0.1) is 4.90 Å². The van der Waals surface area contributed by atoms with Crippen LogP contribution >= 0.6 is 0 Å². The van der Waals surface area contributed by atoms with Gasteiger partial charge in [-0.05, 0) is 19.1 Å². The van der Waals surface area contributed by atoms with Crippen molar-refractivity contribution in [3.8, 4) is 0 Å². The van der Waals surface area contributed by atoms with Crippen LogP contribution in [0.15, 0.2) is 41.4 Å². The number of hydrogen-bond acceptors (Lipinski definition) is 4. The summed E-state index contributed by atoms with van der Waals surface area (Å²) < 4.78 is 33.8. The van der Waals surface area contributed by atoms with Gasteiger partial charge in [-0.3, -0.25) is 0 Å². The predicted molar refractivity (Wildman–Crippen MR) is 79.3 cm³/mol. The molecule has 0 spiro atoms. The van der Waals surface area contributed by atoms with Crippen LogP contribution in [0.2, 0.25) is 0 Å². The number of benzene rings is 1. The van der Waals surface area contributed by atoms with E-state index in [2.05, 4.69) is 9.71 Å². The van der Waals surface area contributed by atoms with Crippen molar-refractivity contribution in [1.29, 1.82) is 0 Å². The second-order valence-corrected chi connectivity index (χ2v) is 6.38. The summed E-state index contributed by atoms with van der Waals surface area (Å²) in [4.78, 5) is 4.51. The number of aryl methyl sites for hydroxylation is 1. The molecule has 1 aromatic heterocycles. The topological polar surface area (TPSA) is 73.2 Å². The van der Waals surface area contributed by atoms with Crippen molar-refractivity contribution in [2.75, 3.05) is 13.7 Å². The van der Waals surface area contributed by atoms with Crippen molar-refractivity contribution in [1.82, 2.24) is 14.3 Å². The molecule has 1 aromatic carbocycles. The third kappa shape index (κ3) is 3.90. The molecule has 0 saturated heterocycles. The molecule has 0 unspecified atom stereocenters. The Morgan fingerprint density at radius 2 is 2.00 bits per heavy atom. The molecule has 0 saturated carbocycles. The Labute approximate surface area is 124 Å². The van der Waals surface area contributed by atoms with Gasteiger partial charge < -0.3 is 9.30 Å². The van der Waals surface area contributed by atoms with Crippen LogP contribution in [0.25, 0.3) is 0 Å². The van der Waals surface area contributed by atoms with Crippen LogP contribution in [0.5, 0.6) is 0 Å². The maximum Gasteiger partial charge on any atom is 0.240 e. The van der Waals surface area contributed by atoms with Crippen LogP contribution in [-0.2, 0) is 27.9 Å². The molecular weight excluding hydrogens is 290 g/mol. The Morgan fingerprint density at radius 3 is 2.67 bits per heavy atom. The maximum absolute atomic E-state index is 12.1. The zero-order valence-electron chi connectivity index (χ0n) is 12.1. The Hall–Kier alpha value is -1.70. The summed E-state index contributed by atoms with van der Waals surface area (Å²) in [6, 6.07) is 8.32. The fraction of sp³-hybridized carbons (Fsp3) is 0.357. The van der Waals surface area contributed by atoms with Gasteiger partial charge in [-0.15, -0.1) is 0 Å². The first-order valence-electron chi connectivity index (χ1n) is 6.59. The molecule has 0 bridgehead atoms. The molecule has 1 N–H and O–H groups in total. The molecule has 7 heteroatoms. The first-order chi connectivity index (χ1) is 10.0. The van der Waals surface area contributed by atoms with Gasteiger partial charge in [0.25, 0.3) is 0 Å². The molecule has 2 aromatic rings. The van der Waals surface area contributed by atoms with E-state index >= 15 is 0 Å². The molecule has 0 aliphatic heterocycles. The highest BCUT2D eigenvalue weighted by atomic mass is 32.2. The predicted octanol–water partition coefficient (Wildman–Crippen LogP) is 1.32. The summed E-state index contributed by atoms with van der Waals surface area (Å²) in [5.41, 5.74) is 0.973. The number of imidazole rings is 1. The van der Waals surface area contributed by atoms with Crippen LogP contribution in [0.4, 0.5) is 0 Å². The lowest BCUT2D eigenvalue weighted by molar-refractivity contribution is 0.174. The first-order valence-corrected chi connectivity index (χ1v) is 8.07. The molecule has 114 valence electrons. The number of hydrogen-bond donors (Lipinski definition) is 1. The number of nitrogens with zero attached hydrogens (tertiary/aromatic N) is 2. The van der Waals surface area contributed by atoms with Gasteiger partial charge in [0, 0.05) is 32.1 Å². The largest absolute Gasteiger partial charge is 0.377 e. The van der Waals surface area contributed by atoms with Crippen LogP contribution in [0, 0.1) is 6.92 Å². The molecular formula is C14H19N3O3S. The quantitative estimate of drug-likeness (QED) is 0.837. The fourth-order valence-electron chi connectivity index (χ4n) is 2.04. The van der Waals surface area contributed by atoms with Gasteiger partial charge >= 0.3 is 0 Å². The van der Waals surface area contributed by atoms with Crippen molar-refractivity contribution >= 4 is 10.0 Å². The number of nitrogens with one attached hydrogen (secondary N) is 1. The lowest BCUT2D eigenvalue weighted by Crippen LogP contribution is -2.28. The average Bonchev–Trinajstić information content (AvgIpc) is 2.82. The van der Waals surface area contributed by atoms with Crippen molar-refractivity contribution in [2.45, 2.75) is 25.0 Å². The van der Waals surface area contributed by atoms with Crippen LogP contribution in [0.3, 0.4) is 0 Å². The van der Waals surface area contributed by atoms with E-state index in [1.165, 1.54) is 0 Å². The van der Waals surface area contributed by atoms with Crippen molar-refractivity contribution in [2.24, 2.45) is 0 Å². The molecule has 0 atom stereocenters. The number of methoxy groups -OCH3 is 1. The maximum atomic E-state index is 12.1. The van der Waals surface area contributed by atoms with Crippen molar-refractivity contribution in [3.63, 3.8) is 0 Å². The van der Waals surface area contributed by atoms with Gasteiger partial charge in [0.2, 0.25) is 10.0 Å². The molecule has 6 nitrogen and oxygen atoms in total. The van der Waals surface area contributed by atoms with Gasteiger partial charge in [-0.25, -0.2) is 18.1 Å². The third-order valence-electron chi connectivity index (χ3n) is 3.09. The molecule has 0 radical (unpaired) electrons. The highest BCUT2D eigenvalue weighted by molar-refractivity contribution is 7.89. The molecule has 0 amide bonds. The molecule has 1 heterocycles. The summed E-state index contributed by atoms with van der Waals surface area (Å²) >= 11 is 0. The molecule has 0 aliphatic rings. The lowest BCUT2D eigenvalue weighted by atomic mass is 10.4.